The number of hydrogen-bond acceptors (Lipinski definition) is 5. The molecule has 9 heteroatoms. The van der Waals surface area contributed by atoms with E-state index < -0.39 is 17.2 Å². The van der Waals surface area contributed by atoms with Gasteiger partial charge in [-0.05, 0) is 42.8 Å². The number of benzene rings is 3. The fourth-order valence-electron chi connectivity index (χ4n) is 4.11. The van der Waals surface area contributed by atoms with Gasteiger partial charge in [-0.3, -0.25) is 14.2 Å². The number of carbonyl (C=O) groups excluding carboxylic acids is 1. The van der Waals surface area contributed by atoms with Crippen molar-refractivity contribution in [1.82, 2.24) is 9.13 Å². The number of aryl methyl sites for hydroxylation is 1. The van der Waals surface area contributed by atoms with Crippen molar-refractivity contribution in [3.05, 3.63) is 98.2 Å². The van der Waals surface area contributed by atoms with Gasteiger partial charge in [0.15, 0.2) is 0 Å². The van der Waals surface area contributed by atoms with E-state index in [1.165, 1.54) is 23.0 Å². The number of aromatic nitrogens is 2. The smallest absolute Gasteiger partial charge is 0.336 e. The third-order valence-corrected chi connectivity index (χ3v) is 7.14. The molecule has 3 aromatic carbocycles. The van der Waals surface area contributed by atoms with Gasteiger partial charge in [0.2, 0.25) is 5.91 Å². The van der Waals surface area contributed by atoms with Gasteiger partial charge in [-0.1, -0.05) is 48.0 Å². The first-order valence-corrected chi connectivity index (χ1v) is 11.9. The molecule has 0 unspecified atom stereocenters. The molecule has 0 aliphatic carbocycles. The monoisotopic (exact) mass is 505 g/mol. The second kappa shape index (κ2) is 9.05. The predicted octanol–water partition coefficient (Wildman–Crippen LogP) is 4.98. The van der Waals surface area contributed by atoms with Gasteiger partial charge in [0.05, 0.1) is 24.0 Å². The van der Waals surface area contributed by atoms with Crippen molar-refractivity contribution in [2.75, 3.05) is 12.4 Å². The Labute approximate surface area is 208 Å². The van der Waals surface area contributed by atoms with E-state index in [1.807, 2.05) is 24.3 Å². The Hall–Kier alpha value is -3.88. The summed E-state index contributed by atoms with van der Waals surface area (Å²) in [7, 11) is 1.51. The maximum absolute atomic E-state index is 13.8. The number of ether oxygens (including phenoxy) is 1. The van der Waals surface area contributed by atoms with Crippen molar-refractivity contribution in [3.63, 3.8) is 0 Å². The highest BCUT2D eigenvalue weighted by molar-refractivity contribution is 7.25. The number of para-hydroxylation sites is 2. The van der Waals surface area contributed by atoms with Gasteiger partial charge >= 0.3 is 5.69 Å². The molecule has 2 aromatic heterocycles. The quantitative estimate of drug-likeness (QED) is 0.365. The van der Waals surface area contributed by atoms with E-state index in [0.29, 0.717) is 37.9 Å². The molecule has 7 nitrogen and oxygen atoms in total. The summed E-state index contributed by atoms with van der Waals surface area (Å²) in [6.07, 6.45) is 0. The van der Waals surface area contributed by atoms with Crippen LogP contribution in [0.3, 0.4) is 0 Å². The van der Waals surface area contributed by atoms with E-state index in [-0.39, 0.29) is 6.54 Å². The number of fused-ring (bicyclic) bond motifs is 3. The number of carbonyl (C=O) groups is 1. The zero-order valence-electron chi connectivity index (χ0n) is 18.9. The Morgan fingerprint density at radius 2 is 1.80 bits per heavy atom. The fraction of sp³-hybridized carbons (Fsp3) is 0.115. The van der Waals surface area contributed by atoms with Crippen LogP contribution in [0, 0.1) is 6.92 Å². The third-order valence-electron chi connectivity index (χ3n) is 5.75. The average molecular weight is 506 g/mol. The largest absolute Gasteiger partial charge is 0.495 e. The van der Waals surface area contributed by atoms with Crippen LogP contribution >= 0.6 is 22.9 Å². The number of thiophene rings is 1. The van der Waals surface area contributed by atoms with Gasteiger partial charge < -0.3 is 10.1 Å². The van der Waals surface area contributed by atoms with Crippen molar-refractivity contribution in [2.45, 2.75) is 13.5 Å². The minimum Gasteiger partial charge on any atom is -0.495 e. The molecular formula is C26H20ClN3O4S. The maximum atomic E-state index is 13.8. The summed E-state index contributed by atoms with van der Waals surface area (Å²) in [6, 6.07) is 19.5. The van der Waals surface area contributed by atoms with Gasteiger partial charge in [0, 0.05) is 15.1 Å². The van der Waals surface area contributed by atoms with Crippen molar-refractivity contribution in [2.24, 2.45) is 0 Å². The lowest BCUT2D eigenvalue weighted by atomic mass is 10.2. The number of nitrogens with one attached hydrogen (secondary N) is 1. The van der Waals surface area contributed by atoms with Crippen LogP contribution in [0.2, 0.25) is 5.02 Å². The lowest BCUT2D eigenvalue weighted by Gasteiger charge is -2.15. The van der Waals surface area contributed by atoms with E-state index in [9.17, 15) is 14.4 Å². The molecule has 0 radical (unpaired) electrons. The zero-order valence-corrected chi connectivity index (χ0v) is 20.4. The normalized spacial score (nSPS) is 11.2. The summed E-state index contributed by atoms with van der Waals surface area (Å²) in [5.74, 6) is 0.0695. The second-order valence-corrected chi connectivity index (χ2v) is 9.45. The molecule has 2 heterocycles. The van der Waals surface area contributed by atoms with Gasteiger partial charge in [-0.25, -0.2) is 9.36 Å². The predicted molar refractivity (Wildman–Crippen MR) is 141 cm³/mol. The highest BCUT2D eigenvalue weighted by Gasteiger charge is 2.22. The topological polar surface area (TPSA) is 82.3 Å². The SMILES string of the molecule is COc1ccccc1NC(=O)Cn1c(=O)n(-c2cc(Cl)ccc2C)c(=O)c2sc3ccccc3c21. The van der Waals surface area contributed by atoms with Gasteiger partial charge in [-0.2, -0.15) is 0 Å². The molecule has 5 rings (SSSR count). The van der Waals surface area contributed by atoms with Crippen LogP contribution in [-0.4, -0.2) is 22.2 Å². The molecule has 0 fully saturated rings. The number of halogens is 1. The van der Waals surface area contributed by atoms with Gasteiger partial charge in [0.25, 0.3) is 5.56 Å². The van der Waals surface area contributed by atoms with Gasteiger partial charge in [-0.15, -0.1) is 11.3 Å². The molecule has 0 saturated carbocycles. The summed E-state index contributed by atoms with van der Waals surface area (Å²) < 4.78 is 8.98. The van der Waals surface area contributed by atoms with Crippen LogP contribution in [0.25, 0.3) is 26.0 Å². The van der Waals surface area contributed by atoms with Crippen molar-refractivity contribution < 1.29 is 9.53 Å². The molecule has 0 aliphatic heterocycles. The molecule has 0 saturated heterocycles. The molecular weight excluding hydrogens is 486 g/mol. The lowest BCUT2D eigenvalue weighted by Crippen LogP contribution is -2.40. The van der Waals surface area contributed by atoms with E-state index in [2.05, 4.69) is 5.32 Å². The lowest BCUT2D eigenvalue weighted by molar-refractivity contribution is -0.116. The number of rotatable bonds is 5. The van der Waals surface area contributed by atoms with Gasteiger partial charge in [0.1, 0.15) is 17.0 Å². The Morgan fingerprint density at radius 3 is 2.60 bits per heavy atom. The fourth-order valence-corrected chi connectivity index (χ4v) is 5.42. The van der Waals surface area contributed by atoms with Crippen LogP contribution in [0.1, 0.15) is 5.56 Å². The summed E-state index contributed by atoms with van der Waals surface area (Å²) in [4.78, 5) is 40.5. The highest BCUT2D eigenvalue weighted by Crippen LogP contribution is 2.31. The van der Waals surface area contributed by atoms with E-state index in [4.69, 9.17) is 16.3 Å². The maximum Gasteiger partial charge on any atom is 0.336 e. The molecule has 0 atom stereocenters. The Balaban J connectivity index is 1.74. The van der Waals surface area contributed by atoms with Crippen LogP contribution in [0.4, 0.5) is 5.69 Å². The first kappa shape index (κ1) is 22.9. The minimum atomic E-state index is -0.619. The Kier molecular flexibility index (Phi) is 5.92. The Morgan fingerprint density at radius 1 is 1.06 bits per heavy atom. The number of amides is 1. The second-order valence-electron chi connectivity index (χ2n) is 7.96. The average Bonchev–Trinajstić information content (AvgIpc) is 3.24. The summed E-state index contributed by atoms with van der Waals surface area (Å²) in [6.45, 7) is 1.50. The summed E-state index contributed by atoms with van der Waals surface area (Å²) in [5, 5.41) is 3.94. The number of nitrogens with zero attached hydrogens (tertiary/aromatic N) is 2. The zero-order chi connectivity index (χ0) is 24.7. The number of hydrogen-bond donors (Lipinski definition) is 1. The standard InChI is InChI=1S/C26H20ClN3O4S/c1-15-11-12-16(27)13-19(15)30-25(32)24-23(17-7-3-6-10-21(17)35-24)29(26(30)33)14-22(31)28-18-8-4-5-9-20(18)34-2/h3-13H,14H2,1-2H3,(H,28,31). The molecule has 5 aromatic rings. The molecule has 0 spiro atoms. The first-order chi connectivity index (χ1) is 16.9. The number of anilines is 1. The number of methoxy groups -OCH3 is 1. The highest BCUT2D eigenvalue weighted by atomic mass is 35.5. The molecule has 176 valence electrons. The Bertz CT molecular complexity index is 1740. The van der Waals surface area contributed by atoms with Crippen molar-refractivity contribution in [1.29, 1.82) is 0 Å². The summed E-state index contributed by atoms with van der Waals surface area (Å²) >= 11 is 7.49. The molecule has 1 N–H and O–H groups in total. The van der Waals surface area contributed by atoms with E-state index in [1.54, 1.807) is 49.4 Å². The van der Waals surface area contributed by atoms with Crippen LogP contribution < -0.4 is 21.3 Å². The molecule has 35 heavy (non-hydrogen) atoms. The molecule has 0 bridgehead atoms. The van der Waals surface area contributed by atoms with E-state index in [0.717, 1.165) is 14.7 Å². The molecule has 1 amide bonds. The summed E-state index contributed by atoms with van der Waals surface area (Å²) in [5.41, 5.74) is 0.944. The minimum absolute atomic E-state index is 0.298. The third kappa shape index (κ3) is 4.00. The van der Waals surface area contributed by atoms with Crippen molar-refractivity contribution in [3.8, 4) is 11.4 Å². The van der Waals surface area contributed by atoms with Crippen LogP contribution in [0.15, 0.2) is 76.3 Å². The van der Waals surface area contributed by atoms with E-state index >= 15 is 0 Å². The molecule has 0 aliphatic rings. The first-order valence-electron chi connectivity index (χ1n) is 10.8. The van der Waals surface area contributed by atoms with Crippen LogP contribution in [-0.2, 0) is 11.3 Å². The van der Waals surface area contributed by atoms with Crippen molar-refractivity contribution >= 4 is 54.8 Å². The van der Waals surface area contributed by atoms with Crippen LogP contribution in [0.5, 0.6) is 5.75 Å².